The zero-order valence-corrected chi connectivity index (χ0v) is 11.5. The normalized spacial score (nSPS) is 14.4. The molecule has 0 saturated heterocycles. The second-order valence-electron chi connectivity index (χ2n) is 4.42. The van der Waals surface area contributed by atoms with Crippen molar-refractivity contribution in [3.05, 3.63) is 58.0 Å². The highest BCUT2D eigenvalue weighted by Crippen LogP contribution is 2.25. The molecule has 0 saturated carbocycles. The lowest BCUT2D eigenvalue weighted by atomic mass is 10.1. The van der Waals surface area contributed by atoms with Crippen LogP contribution in [0.25, 0.3) is 0 Å². The Kier molecular flexibility index (Phi) is 4.50. The molecular weight excluding hydrogens is 245 g/mol. The SMILES string of the molecule is CCC(N[C@H](C)c1ccc(F)cc1)c1cccs1. The Morgan fingerprint density at radius 2 is 1.94 bits per heavy atom. The number of nitrogens with one attached hydrogen (secondary N) is 1. The molecule has 0 spiro atoms. The summed E-state index contributed by atoms with van der Waals surface area (Å²) in [4.78, 5) is 1.35. The van der Waals surface area contributed by atoms with Crippen molar-refractivity contribution >= 4 is 11.3 Å². The lowest BCUT2D eigenvalue weighted by molar-refractivity contribution is 0.461. The maximum Gasteiger partial charge on any atom is 0.123 e. The molecule has 1 aromatic carbocycles. The average molecular weight is 263 g/mol. The predicted octanol–water partition coefficient (Wildman–Crippen LogP) is 4.69. The van der Waals surface area contributed by atoms with E-state index >= 15 is 0 Å². The molecule has 0 bridgehead atoms. The van der Waals surface area contributed by atoms with Gasteiger partial charge in [0.15, 0.2) is 0 Å². The molecule has 2 rings (SSSR count). The Morgan fingerprint density at radius 3 is 2.50 bits per heavy atom. The summed E-state index contributed by atoms with van der Waals surface area (Å²) in [6.45, 7) is 4.29. The van der Waals surface area contributed by atoms with Crippen LogP contribution in [0.5, 0.6) is 0 Å². The van der Waals surface area contributed by atoms with Crippen LogP contribution in [-0.2, 0) is 0 Å². The van der Waals surface area contributed by atoms with Gasteiger partial charge in [0, 0.05) is 17.0 Å². The van der Waals surface area contributed by atoms with Crippen LogP contribution in [0.15, 0.2) is 41.8 Å². The first-order chi connectivity index (χ1) is 8.70. The van der Waals surface area contributed by atoms with Crippen molar-refractivity contribution in [3.8, 4) is 0 Å². The summed E-state index contributed by atoms with van der Waals surface area (Å²) in [6, 6.07) is 11.5. The quantitative estimate of drug-likeness (QED) is 0.825. The molecule has 1 heterocycles. The maximum atomic E-state index is 12.9. The van der Waals surface area contributed by atoms with Crippen LogP contribution >= 0.6 is 11.3 Å². The highest BCUT2D eigenvalue weighted by atomic mass is 32.1. The van der Waals surface area contributed by atoms with E-state index in [1.54, 1.807) is 11.3 Å². The van der Waals surface area contributed by atoms with Crippen LogP contribution in [0.2, 0.25) is 0 Å². The monoisotopic (exact) mass is 263 g/mol. The van der Waals surface area contributed by atoms with Gasteiger partial charge in [-0.1, -0.05) is 25.1 Å². The standard InChI is InChI=1S/C15H18FNS/c1-3-14(15-5-4-10-18-15)17-11(2)12-6-8-13(16)9-7-12/h4-11,14,17H,3H2,1-2H3/t11-,14?/m1/s1. The smallest absolute Gasteiger partial charge is 0.123 e. The van der Waals surface area contributed by atoms with Crippen LogP contribution < -0.4 is 5.32 Å². The van der Waals surface area contributed by atoms with Crippen molar-refractivity contribution in [2.24, 2.45) is 0 Å². The van der Waals surface area contributed by atoms with Gasteiger partial charge in [0.1, 0.15) is 5.82 Å². The molecule has 2 aromatic rings. The molecule has 1 nitrogen and oxygen atoms in total. The van der Waals surface area contributed by atoms with E-state index in [9.17, 15) is 4.39 Å². The molecular formula is C15H18FNS. The number of halogens is 1. The fourth-order valence-corrected chi connectivity index (χ4v) is 2.91. The van der Waals surface area contributed by atoms with Crippen LogP contribution in [0.3, 0.4) is 0 Å². The Bertz CT molecular complexity index is 464. The van der Waals surface area contributed by atoms with Crippen molar-refractivity contribution in [1.29, 1.82) is 0 Å². The molecule has 3 heteroatoms. The van der Waals surface area contributed by atoms with E-state index in [0.29, 0.717) is 6.04 Å². The van der Waals surface area contributed by atoms with E-state index in [4.69, 9.17) is 0 Å². The van der Waals surface area contributed by atoms with Crippen molar-refractivity contribution < 1.29 is 4.39 Å². The number of rotatable bonds is 5. The summed E-state index contributed by atoms with van der Waals surface area (Å²) in [5.74, 6) is -0.184. The van der Waals surface area contributed by atoms with Crippen LogP contribution in [0.1, 0.15) is 42.8 Å². The number of hydrogen-bond acceptors (Lipinski definition) is 2. The van der Waals surface area contributed by atoms with Gasteiger partial charge in [-0.3, -0.25) is 0 Å². The van der Waals surface area contributed by atoms with Crippen LogP contribution in [0, 0.1) is 5.82 Å². The van der Waals surface area contributed by atoms with E-state index in [1.165, 1.54) is 17.0 Å². The minimum Gasteiger partial charge on any atom is -0.303 e. The van der Waals surface area contributed by atoms with Crippen molar-refractivity contribution in [3.63, 3.8) is 0 Å². The summed E-state index contributed by atoms with van der Waals surface area (Å²) in [7, 11) is 0. The largest absolute Gasteiger partial charge is 0.303 e. The lowest BCUT2D eigenvalue weighted by Crippen LogP contribution is -2.23. The number of hydrogen-bond donors (Lipinski definition) is 1. The third-order valence-electron chi connectivity index (χ3n) is 3.12. The van der Waals surface area contributed by atoms with Crippen molar-refractivity contribution in [1.82, 2.24) is 5.32 Å². The fraction of sp³-hybridized carbons (Fsp3) is 0.333. The predicted molar refractivity (Wildman–Crippen MR) is 75.3 cm³/mol. The average Bonchev–Trinajstić information content (AvgIpc) is 2.90. The molecule has 96 valence electrons. The highest BCUT2D eigenvalue weighted by molar-refractivity contribution is 7.10. The Labute approximate surface area is 112 Å². The summed E-state index contributed by atoms with van der Waals surface area (Å²) in [6.07, 6.45) is 1.05. The zero-order chi connectivity index (χ0) is 13.0. The van der Waals surface area contributed by atoms with E-state index in [1.807, 2.05) is 12.1 Å². The van der Waals surface area contributed by atoms with Gasteiger partial charge in [-0.15, -0.1) is 11.3 Å². The molecule has 0 aliphatic rings. The first-order valence-corrected chi connectivity index (χ1v) is 7.13. The van der Waals surface area contributed by atoms with E-state index in [0.717, 1.165) is 12.0 Å². The van der Waals surface area contributed by atoms with Crippen molar-refractivity contribution in [2.75, 3.05) is 0 Å². The maximum absolute atomic E-state index is 12.9. The first kappa shape index (κ1) is 13.2. The molecule has 18 heavy (non-hydrogen) atoms. The van der Waals surface area contributed by atoms with E-state index in [2.05, 4.69) is 36.7 Å². The van der Waals surface area contributed by atoms with Crippen LogP contribution in [-0.4, -0.2) is 0 Å². The minimum absolute atomic E-state index is 0.184. The van der Waals surface area contributed by atoms with Gasteiger partial charge in [0.2, 0.25) is 0 Å². The molecule has 2 atom stereocenters. The molecule has 0 amide bonds. The highest BCUT2D eigenvalue weighted by Gasteiger charge is 2.14. The minimum atomic E-state index is -0.184. The molecule has 1 N–H and O–H groups in total. The first-order valence-electron chi connectivity index (χ1n) is 6.25. The van der Waals surface area contributed by atoms with Gasteiger partial charge in [0.25, 0.3) is 0 Å². The number of benzene rings is 1. The molecule has 1 unspecified atom stereocenters. The Hall–Kier alpha value is -1.19. The van der Waals surface area contributed by atoms with Gasteiger partial charge in [-0.2, -0.15) is 0 Å². The Balaban J connectivity index is 2.05. The van der Waals surface area contributed by atoms with Gasteiger partial charge < -0.3 is 5.32 Å². The summed E-state index contributed by atoms with van der Waals surface area (Å²) < 4.78 is 12.9. The zero-order valence-electron chi connectivity index (χ0n) is 10.7. The van der Waals surface area contributed by atoms with E-state index in [-0.39, 0.29) is 11.9 Å². The third-order valence-corrected chi connectivity index (χ3v) is 4.10. The second kappa shape index (κ2) is 6.12. The molecule has 0 aliphatic heterocycles. The van der Waals surface area contributed by atoms with Gasteiger partial charge >= 0.3 is 0 Å². The van der Waals surface area contributed by atoms with Crippen LogP contribution in [0.4, 0.5) is 4.39 Å². The molecule has 0 radical (unpaired) electrons. The van der Waals surface area contributed by atoms with Gasteiger partial charge in [0.05, 0.1) is 0 Å². The molecule has 0 fully saturated rings. The van der Waals surface area contributed by atoms with Gasteiger partial charge in [-0.25, -0.2) is 4.39 Å². The summed E-state index contributed by atoms with van der Waals surface area (Å²) in [5, 5.41) is 5.69. The third kappa shape index (κ3) is 3.18. The van der Waals surface area contributed by atoms with Gasteiger partial charge in [-0.05, 0) is 42.5 Å². The Morgan fingerprint density at radius 1 is 1.22 bits per heavy atom. The van der Waals surface area contributed by atoms with Crippen molar-refractivity contribution in [2.45, 2.75) is 32.4 Å². The lowest BCUT2D eigenvalue weighted by Gasteiger charge is -2.21. The topological polar surface area (TPSA) is 12.0 Å². The fourth-order valence-electron chi connectivity index (χ4n) is 2.04. The second-order valence-corrected chi connectivity index (χ2v) is 5.40. The summed E-state index contributed by atoms with van der Waals surface area (Å²) >= 11 is 1.77. The summed E-state index contributed by atoms with van der Waals surface area (Å²) in [5.41, 5.74) is 1.12. The molecule has 0 aliphatic carbocycles. The number of thiophene rings is 1. The molecule has 1 aromatic heterocycles. The van der Waals surface area contributed by atoms with E-state index < -0.39 is 0 Å².